The normalized spacial score (nSPS) is 20.6. The smallest absolute Gasteiger partial charge is 0.246 e. The number of nitrogens with two attached hydrogens (primary N) is 1. The second-order valence-corrected chi connectivity index (χ2v) is 4.03. The van der Waals surface area contributed by atoms with Crippen molar-refractivity contribution in [3.63, 3.8) is 0 Å². The molecule has 3 amide bonds. The van der Waals surface area contributed by atoms with E-state index in [2.05, 4.69) is 0 Å². The van der Waals surface area contributed by atoms with E-state index in [-0.39, 0.29) is 24.8 Å². The van der Waals surface area contributed by atoms with Crippen molar-refractivity contribution in [1.29, 1.82) is 0 Å². The van der Waals surface area contributed by atoms with E-state index in [0.29, 0.717) is 19.5 Å². The molecule has 1 rings (SSSR count). The van der Waals surface area contributed by atoms with Gasteiger partial charge in [-0.15, -0.1) is 0 Å². The van der Waals surface area contributed by atoms with Crippen molar-refractivity contribution in [1.82, 2.24) is 9.80 Å². The molecule has 1 saturated heterocycles. The number of carbonyl (C=O) groups is 3. The Labute approximate surface area is 101 Å². The number of nitrogens with zero attached hydrogens (tertiary/aromatic N) is 2. The molecule has 0 aromatic carbocycles. The first-order chi connectivity index (χ1) is 8.01. The lowest BCUT2D eigenvalue weighted by molar-refractivity contribution is -0.153. The average molecular weight is 241 g/mol. The molecule has 0 aromatic rings. The van der Waals surface area contributed by atoms with Gasteiger partial charge < -0.3 is 10.6 Å². The highest BCUT2D eigenvalue weighted by Crippen LogP contribution is 2.11. The summed E-state index contributed by atoms with van der Waals surface area (Å²) in [5.74, 6) is -0.968. The van der Waals surface area contributed by atoms with Crippen LogP contribution in [0.5, 0.6) is 0 Å². The quantitative estimate of drug-likeness (QED) is 0.662. The van der Waals surface area contributed by atoms with Gasteiger partial charge in [-0.3, -0.25) is 19.3 Å². The Morgan fingerprint density at radius 3 is 2.53 bits per heavy atom. The Hall–Kier alpha value is -1.43. The number of carbonyl (C=O) groups excluding carboxylic acids is 3. The summed E-state index contributed by atoms with van der Waals surface area (Å²) in [6.07, 6.45) is 0.603. The summed E-state index contributed by atoms with van der Waals surface area (Å²) in [7, 11) is 0. The van der Waals surface area contributed by atoms with Gasteiger partial charge in [-0.25, -0.2) is 0 Å². The number of imide groups is 1. The van der Waals surface area contributed by atoms with Gasteiger partial charge in [0.25, 0.3) is 0 Å². The zero-order chi connectivity index (χ0) is 13.0. The molecule has 1 heterocycles. The zero-order valence-electron chi connectivity index (χ0n) is 10.3. The van der Waals surface area contributed by atoms with Crippen molar-refractivity contribution in [2.75, 3.05) is 19.6 Å². The minimum Gasteiger partial charge on any atom is -0.342 e. The van der Waals surface area contributed by atoms with Crippen LogP contribution >= 0.6 is 0 Å². The average Bonchev–Trinajstić information content (AvgIpc) is 2.31. The first-order valence-electron chi connectivity index (χ1n) is 5.88. The fourth-order valence-corrected chi connectivity index (χ4v) is 1.84. The van der Waals surface area contributed by atoms with Gasteiger partial charge in [-0.05, 0) is 20.3 Å². The monoisotopic (exact) mass is 241 g/mol. The van der Waals surface area contributed by atoms with Gasteiger partial charge in [0, 0.05) is 19.5 Å². The molecular formula is C11H19N3O3. The molecule has 96 valence electrons. The van der Waals surface area contributed by atoms with E-state index in [1.54, 1.807) is 4.90 Å². The minimum absolute atomic E-state index is 0.187. The van der Waals surface area contributed by atoms with E-state index in [0.717, 1.165) is 4.90 Å². The number of hydrogen-bond donors (Lipinski definition) is 1. The molecule has 17 heavy (non-hydrogen) atoms. The Bertz CT molecular complexity index is 326. The lowest BCUT2D eigenvalue weighted by Crippen LogP contribution is -2.54. The Kier molecular flexibility index (Phi) is 4.62. The highest BCUT2D eigenvalue weighted by Gasteiger charge is 2.33. The molecule has 2 N–H and O–H groups in total. The summed E-state index contributed by atoms with van der Waals surface area (Å²) in [5, 5.41) is 0. The first kappa shape index (κ1) is 13.6. The van der Waals surface area contributed by atoms with Crippen LogP contribution in [-0.2, 0) is 14.4 Å². The topological polar surface area (TPSA) is 83.7 Å². The van der Waals surface area contributed by atoms with Crippen molar-refractivity contribution in [2.45, 2.75) is 32.7 Å². The van der Waals surface area contributed by atoms with E-state index in [9.17, 15) is 14.4 Å². The maximum absolute atomic E-state index is 11.8. The fraction of sp³-hybridized carbons (Fsp3) is 0.727. The van der Waals surface area contributed by atoms with Crippen molar-refractivity contribution in [3.8, 4) is 0 Å². The molecule has 1 aliphatic rings. The Balaban J connectivity index is 2.68. The Morgan fingerprint density at radius 1 is 1.41 bits per heavy atom. The van der Waals surface area contributed by atoms with Gasteiger partial charge in [-0.2, -0.15) is 0 Å². The number of likely N-dealkylation sites (tertiary alicyclic amines) is 1. The first-order valence-corrected chi connectivity index (χ1v) is 5.88. The highest BCUT2D eigenvalue weighted by molar-refractivity contribution is 6.03. The molecule has 1 aliphatic heterocycles. The molecule has 0 spiro atoms. The summed E-state index contributed by atoms with van der Waals surface area (Å²) in [6, 6.07) is -0.655. The molecule has 0 aliphatic carbocycles. The third kappa shape index (κ3) is 3.03. The predicted molar refractivity (Wildman–Crippen MR) is 61.9 cm³/mol. The third-order valence-corrected chi connectivity index (χ3v) is 2.96. The zero-order valence-corrected chi connectivity index (χ0v) is 10.3. The van der Waals surface area contributed by atoms with Gasteiger partial charge in [0.05, 0.1) is 6.04 Å². The molecule has 0 saturated carbocycles. The second-order valence-electron chi connectivity index (χ2n) is 4.03. The van der Waals surface area contributed by atoms with Gasteiger partial charge in [0.2, 0.25) is 17.7 Å². The van der Waals surface area contributed by atoms with Crippen molar-refractivity contribution < 1.29 is 14.4 Å². The molecule has 1 unspecified atom stereocenters. The summed E-state index contributed by atoms with van der Waals surface area (Å²) in [5.41, 5.74) is 5.58. The van der Waals surface area contributed by atoms with E-state index in [4.69, 9.17) is 5.73 Å². The summed E-state index contributed by atoms with van der Waals surface area (Å²) in [6.45, 7) is 4.65. The van der Waals surface area contributed by atoms with Gasteiger partial charge in [0.15, 0.2) is 0 Å². The fourth-order valence-electron chi connectivity index (χ4n) is 1.84. The predicted octanol–water partition coefficient (Wildman–Crippen LogP) is -0.669. The molecule has 6 heteroatoms. The Morgan fingerprint density at radius 2 is 2.00 bits per heavy atom. The second kappa shape index (κ2) is 5.77. The largest absolute Gasteiger partial charge is 0.342 e. The molecule has 0 bridgehead atoms. The van der Waals surface area contributed by atoms with Crippen LogP contribution in [-0.4, -0.2) is 53.2 Å². The molecule has 1 fully saturated rings. The lowest BCUT2D eigenvalue weighted by Gasteiger charge is -2.30. The summed E-state index contributed by atoms with van der Waals surface area (Å²) >= 11 is 0. The van der Waals surface area contributed by atoms with Crippen molar-refractivity contribution in [3.05, 3.63) is 0 Å². The van der Waals surface area contributed by atoms with Crippen molar-refractivity contribution in [2.24, 2.45) is 5.73 Å². The van der Waals surface area contributed by atoms with Gasteiger partial charge >= 0.3 is 0 Å². The molecule has 1 atom stereocenters. The SMILES string of the molecule is CCN(CC)C(=O)CN1C(=O)CCC(N)C1=O. The number of piperidine rings is 1. The number of rotatable bonds is 4. The van der Waals surface area contributed by atoms with Crippen LogP contribution in [0.2, 0.25) is 0 Å². The van der Waals surface area contributed by atoms with Crippen LogP contribution in [0.15, 0.2) is 0 Å². The van der Waals surface area contributed by atoms with Crippen LogP contribution in [0.25, 0.3) is 0 Å². The van der Waals surface area contributed by atoms with E-state index < -0.39 is 11.9 Å². The maximum Gasteiger partial charge on any atom is 0.246 e. The molecular weight excluding hydrogens is 222 g/mol. The van der Waals surface area contributed by atoms with Gasteiger partial charge in [0.1, 0.15) is 6.54 Å². The van der Waals surface area contributed by atoms with E-state index >= 15 is 0 Å². The molecule has 6 nitrogen and oxygen atoms in total. The lowest BCUT2D eigenvalue weighted by atomic mass is 10.1. The van der Waals surface area contributed by atoms with Crippen LogP contribution < -0.4 is 5.73 Å². The standard InChI is InChI=1S/C11H19N3O3/c1-3-13(4-2)10(16)7-14-9(15)6-5-8(12)11(14)17/h8H,3-7,12H2,1-2H3. The number of likely N-dealkylation sites (N-methyl/N-ethyl adjacent to an activating group) is 1. The maximum atomic E-state index is 11.8. The molecule has 0 aromatic heterocycles. The van der Waals surface area contributed by atoms with Crippen LogP contribution in [0, 0.1) is 0 Å². The number of hydrogen-bond acceptors (Lipinski definition) is 4. The van der Waals surface area contributed by atoms with E-state index in [1.807, 2.05) is 13.8 Å². The minimum atomic E-state index is -0.655. The summed E-state index contributed by atoms with van der Waals surface area (Å²) in [4.78, 5) is 37.6. The van der Waals surface area contributed by atoms with Gasteiger partial charge in [-0.1, -0.05) is 0 Å². The molecule has 0 radical (unpaired) electrons. The van der Waals surface area contributed by atoms with E-state index in [1.165, 1.54) is 0 Å². The van der Waals surface area contributed by atoms with Crippen molar-refractivity contribution >= 4 is 17.7 Å². The van der Waals surface area contributed by atoms with Crippen LogP contribution in [0.3, 0.4) is 0 Å². The third-order valence-electron chi connectivity index (χ3n) is 2.96. The summed E-state index contributed by atoms with van der Waals surface area (Å²) < 4.78 is 0. The van der Waals surface area contributed by atoms with Crippen LogP contribution in [0.4, 0.5) is 0 Å². The highest BCUT2D eigenvalue weighted by atomic mass is 16.2. The van der Waals surface area contributed by atoms with Crippen LogP contribution in [0.1, 0.15) is 26.7 Å². The number of amides is 3.